The SMILES string of the molecule is CC1=CC(C)(C)N(C)c2ccc(/C=C3/C(=O)NC(=S)N(c4ccc(Cl)c(Cl)c4)C3=O)cc21. The molecule has 8 heteroatoms. The molecule has 2 aliphatic heterocycles. The molecule has 32 heavy (non-hydrogen) atoms. The highest BCUT2D eigenvalue weighted by Gasteiger charge is 2.35. The molecule has 0 aromatic heterocycles. The van der Waals surface area contributed by atoms with Gasteiger partial charge in [0.1, 0.15) is 5.57 Å². The first-order valence-corrected chi connectivity index (χ1v) is 11.1. The Morgan fingerprint density at radius 1 is 1.06 bits per heavy atom. The van der Waals surface area contributed by atoms with Gasteiger partial charge in [-0.3, -0.25) is 19.8 Å². The third-order valence-electron chi connectivity index (χ3n) is 5.82. The van der Waals surface area contributed by atoms with Crippen LogP contribution in [0.25, 0.3) is 11.6 Å². The summed E-state index contributed by atoms with van der Waals surface area (Å²) in [5, 5.41) is 3.22. The summed E-state index contributed by atoms with van der Waals surface area (Å²) in [6.07, 6.45) is 3.78. The summed E-state index contributed by atoms with van der Waals surface area (Å²) in [7, 11) is 2.05. The van der Waals surface area contributed by atoms with Gasteiger partial charge in [-0.25, -0.2) is 0 Å². The van der Waals surface area contributed by atoms with Gasteiger partial charge in [-0.2, -0.15) is 0 Å². The zero-order valence-electron chi connectivity index (χ0n) is 18.0. The van der Waals surface area contributed by atoms with E-state index in [-0.39, 0.29) is 21.2 Å². The number of fused-ring (bicyclic) bond motifs is 1. The molecule has 0 unspecified atom stereocenters. The van der Waals surface area contributed by atoms with Gasteiger partial charge in [0.2, 0.25) is 0 Å². The molecular formula is C24H21Cl2N3O2S. The van der Waals surface area contributed by atoms with Crippen molar-refractivity contribution in [1.82, 2.24) is 5.32 Å². The Labute approximate surface area is 202 Å². The lowest BCUT2D eigenvalue weighted by molar-refractivity contribution is -0.122. The maximum absolute atomic E-state index is 13.3. The van der Waals surface area contributed by atoms with E-state index in [1.165, 1.54) is 11.0 Å². The molecule has 0 radical (unpaired) electrons. The van der Waals surface area contributed by atoms with Crippen molar-refractivity contribution < 1.29 is 9.59 Å². The van der Waals surface area contributed by atoms with E-state index in [0.29, 0.717) is 10.7 Å². The molecule has 0 saturated carbocycles. The molecule has 1 N–H and O–H groups in total. The molecule has 0 aliphatic carbocycles. The molecule has 5 nitrogen and oxygen atoms in total. The van der Waals surface area contributed by atoms with Gasteiger partial charge in [-0.15, -0.1) is 0 Å². The highest BCUT2D eigenvalue weighted by molar-refractivity contribution is 7.80. The fourth-order valence-electron chi connectivity index (χ4n) is 3.95. The Morgan fingerprint density at radius 3 is 2.47 bits per heavy atom. The molecule has 4 rings (SSSR count). The minimum Gasteiger partial charge on any atom is -0.366 e. The molecule has 2 amide bonds. The molecule has 0 bridgehead atoms. The fourth-order valence-corrected chi connectivity index (χ4v) is 4.52. The summed E-state index contributed by atoms with van der Waals surface area (Å²) >= 11 is 17.3. The van der Waals surface area contributed by atoms with E-state index < -0.39 is 11.8 Å². The molecule has 0 atom stereocenters. The molecule has 1 fully saturated rings. The van der Waals surface area contributed by atoms with E-state index in [9.17, 15) is 9.59 Å². The molecule has 2 aromatic rings. The van der Waals surface area contributed by atoms with Crippen LogP contribution in [0.4, 0.5) is 11.4 Å². The second-order valence-corrected chi connectivity index (χ2v) is 9.57. The lowest BCUT2D eigenvalue weighted by Gasteiger charge is -2.40. The maximum Gasteiger partial charge on any atom is 0.270 e. The van der Waals surface area contributed by atoms with E-state index in [2.05, 4.69) is 37.1 Å². The normalized spacial score (nSPS) is 19.1. The van der Waals surface area contributed by atoms with Crippen molar-refractivity contribution in [3.05, 3.63) is 69.2 Å². The molecule has 0 spiro atoms. The van der Waals surface area contributed by atoms with Gasteiger partial charge in [0.25, 0.3) is 11.8 Å². The minimum absolute atomic E-state index is 0.0105. The number of hydrogen-bond donors (Lipinski definition) is 1. The maximum atomic E-state index is 13.3. The molecule has 1 saturated heterocycles. The number of anilines is 2. The van der Waals surface area contributed by atoms with E-state index in [0.717, 1.165) is 22.4 Å². The number of rotatable bonds is 2. The predicted molar refractivity (Wildman–Crippen MR) is 135 cm³/mol. The van der Waals surface area contributed by atoms with Crippen LogP contribution in [0.2, 0.25) is 10.0 Å². The van der Waals surface area contributed by atoms with Crippen LogP contribution < -0.4 is 15.1 Å². The standard InChI is InChI=1S/C24H21Cl2N3O2S/c1-13-12-24(2,3)28(4)20-8-5-14(9-16(13)20)10-17-21(30)27-23(32)29(22(17)31)15-6-7-18(25)19(26)11-15/h5-12H,1-4H3,(H,27,30,32)/b17-10-. The summed E-state index contributed by atoms with van der Waals surface area (Å²) in [6, 6.07) is 10.6. The molecule has 2 aromatic carbocycles. The minimum atomic E-state index is -0.542. The summed E-state index contributed by atoms with van der Waals surface area (Å²) in [6.45, 7) is 6.37. The molecule has 2 heterocycles. The number of amides is 2. The van der Waals surface area contributed by atoms with Crippen molar-refractivity contribution >= 4 is 75.4 Å². The smallest absolute Gasteiger partial charge is 0.270 e. The van der Waals surface area contributed by atoms with E-state index >= 15 is 0 Å². The zero-order chi connectivity index (χ0) is 23.4. The summed E-state index contributed by atoms with van der Waals surface area (Å²) < 4.78 is 0. The summed E-state index contributed by atoms with van der Waals surface area (Å²) in [5.41, 5.74) is 4.33. The van der Waals surface area contributed by atoms with Crippen molar-refractivity contribution in [2.75, 3.05) is 16.8 Å². The van der Waals surface area contributed by atoms with Crippen molar-refractivity contribution in [3.8, 4) is 0 Å². The topological polar surface area (TPSA) is 52.7 Å². The van der Waals surface area contributed by atoms with Crippen LogP contribution in [0.3, 0.4) is 0 Å². The third-order valence-corrected chi connectivity index (χ3v) is 6.84. The number of thiocarbonyl (C=S) groups is 1. The molecule has 164 valence electrons. The Balaban J connectivity index is 1.74. The average Bonchev–Trinajstić information content (AvgIpc) is 2.71. The second kappa shape index (κ2) is 8.03. The van der Waals surface area contributed by atoms with Crippen LogP contribution in [0.15, 0.2) is 48.0 Å². The lowest BCUT2D eigenvalue weighted by atomic mass is 9.88. The number of nitrogens with one attached hydrogen (secondary N) is 1. The fraction of sp³-hybridized carbons (Fsp3) is 0.208. The molecule has 2 aliphatic rings. The third kappa shape index (κ3) is 3.83. The number of benzene rings is 2. The first-order chi connectivity index (χ1) is 15.0. The Hall–Kier alpha value is -2.67. The first kappa shape index (κ1) is 22.5. The van der Waals surface area contributed by atoms with Gasteiger partial charge < -0.3 is 4.90 Å². The second-order valence-electron chi connectivity index (χ2n) is 8.37. The largest absolute Gasteiger partial charge is 0.366 e. The van der Waals surface area contributed by atoms with Gasteiger partial charge >= 0.3 is 0 Å². The van der Waals surface area contributed by atoms with Crippen LogP contribution in [0, 0.1) is 0 Å². The lowest BCUT2D eigenvalue weighted by Crippen LogP contribution is -2.54. The van der Waals surface area contributed by atoms with Gasteiger partial charge in [0.05, 0.1) is 21.3 Å². The van der Waals surface area contributed by atoms with Gasteiger partial charge in [-0.1, -0.05) is 35.3 Å². The van der Waals surface area contributed by atoms with E-state index in [1.807, 2.05) is 25.2 Å². The van der Waals surface area contributed by atoms with E-state index in [4.69, 9.17) is 35.4 Å². The van der Waals surface area contributed by atoms with Crippen molar-refractivity contribution in [3.63, 3.8) is 0 Å². The van der Waals surface area contributed by atoms with Crippen LogP contribution in [-0.2, 0) is 9.59 Å². The monoisotopic (exact) mass is 485 g/mol. The number of carbonyl (C=O) groups excluding carboxylic acids is 2. The summed E-state index contributed by atoms with van der Waals surface area (Å²) in [4.78, 5) is 29.3. The predicted octanol–water partition coefficient (Wildman–Crippen LogP) is 5.46. The first-order valence-electron chi connectivity index (χ1n) is 9.94. The highest BCUT2D eigenvalue weighted by atomic mass is 35.5. The highest BCUT2D eigenvalue weighted by Crippen LogP contribution is 2.38. The zero-order valence-corrected chi connectivity index (χ0v) is 20.3. The van der Waals surface area contributed by atoms with Gasteiger partial charge in [0.15, 0.2) is 5.11 Å². The van der Waals surface area contributed by atoms with Crippen LogP contribution >= 0.6 is 35.4 Å². The van der Waals surface area contributed by atoms with Crippen LogP contribution in [-0.4, -0.2) is 29.5 Å². The quantitative estimate of drug-likeness (QED) is 0.348. The van der Waals surface area contributed by atoms with E-state index in [1.54, 1.807) is 18.2 Å². The Morgan fingerprint density at radius 2 is 1.78 bits per heavy atom. The summed E-state index contributed by atoms with van der Waals surface area (Å²) in [5.74, 6) is -1.07. The number of likely N-dealkylation sites (N-methyl/N-ethyl adjacent to an activating group) is 1. The Bertz CT molecular complexity index is 1250. The van der Waals surface area contributed by atoms with Crippen LogP contribution in [0.5, 0.6) is 0 Å². The van der Waals surface area contributed by atoms with Crippen molar-refractivity contribution in [2.45, 2.75) is 26.3 Å². The van der Waals surface area contributed by atoms with Gasteiger partial charge in [-0.05, 0) is 80.5 Å². The van der Waals surface area contributed by atoms with Crippen molar-refractivity contribution in [1.29, 1.82) is 0 Å². The number of hydrogen-bond acceptors (Lipinski definition) is 4. The average molecular weight is 486 g/mol. The number of halogens is 2. The Kier molecular flexibility index (Phi) is 5.65. The number of carbonyl (C=O) groups is 2. The van der Waals surface area contributed by atoms with Gasteiger partial charge in [0, 0.05) is 18.3 Å². The van der Waals surface area contributed by atoms with Crippen molar-refractivity contribution in [2.24, 2.45) is 0 Å². The molecular weight excluding hydrogens is 465 g/mol. The number of allylic oxidation sites excluding steroid dienone is 1. The van der Waals surface area contributed by atoms with Crippen LogP contribution in [0.1, 0.15) is 31.9 Å². The number of nitrogens with zero attached hydrogens (tertiary/aromatic N) is 2.